The van der Waals surface area contributed by atoms with E-state index < -0.39 is 0 Å². The highest BCUT2D eigenvalue weighted by atomic mass is 32.2. The summed E-state index contributed by atoms with van der Waals surface area (Å²) in [6.45, 7) is 4.60. The molecule has 3 heterocycles. The fraction of sp³-hybridized carbons (Fsp3) is 0.353. The molecular formula is C17H22N8S. The van der Waals surface area contributed by atoms with Crippen LogP contribution in [0.25, 0.3) is 22.8 Å². The van der Waals surface area contributed by atoms with E-state index in [1.165, 1.54) is 0 Å². The third kappa shape index (κ3) is 3.51. The summed E-state index contributed by atoms with van der Waals surface area (Å²) in [5, 5.41) is 4.71. The van der Waals surface area contributed by atoms with Crippen LogP contribution in [0.2, 0.25) is 0 Å². The van der Waals surface area contributed by atoms with Crippen LogP contribution in [0, 0.1) is 0 Å². The van der Waals surface area contributed by atoms with Gasteiger partial charge >= 0.3 is 0 Å². The molecule has 136 valence electrons. The van der Waals surface area contributed by atoms with Crippen molar-refractivity contribution in [1.82, 2.24) is 40.7 Å². The van der Waals surface area contributed by atoms with Crippen molar-refractivity contribution in [1.29, 1.82) is 0 Å². The molecule has 1 aromatic carbocycles. The minimum Gasteiger partial charge on any atom is -0.327 e. The molecule has 1 unspecified atom stereocenters. The van der Waals surface area contributed by atoms with Gasteiger partial charge in [-0.05, 0) is 6.92 Å². The molecule has 26 heavy (non-hydrogen) atoms. The van der Waals surface area contributed by atoms with Gasteiger partial charge in [0.1, 0.15) is 12.0 Å². The monoisotopic (exact) mass is 370 g/mol. The molecule has 3 aromatic rings. The molecule has 1 fully saturated rings. The average molecular weight is 370 g/mol. The summed E-state index contributed by atoms with van der Waals surface area (Å²) < 4.78 is 4.10. The topological polar surface area (TPSA) is 84.6 Å². The van der Waals surface area contributed by atoms with Crippen LogP contribution < -0.4 is 16.4 Å². The van der Waals surface area contributed by atoms with Crippen molar-refractivity contribution in [3.05, 3.63) is 43.0 Å². The molecule has 8 nitrogen and oxygen atoms in total. The van der Waals surface area contributed by atoms with E-state index in [9.17, 15) is 0 Å². The molecule has 4 rings (SSSR count). The Morgan fingerprint density at radius 3 is 2.88 bits per heavy atom. The molecule has 1 aliphatic rings. The molecule has 0 amide bonds. The maximum atomic E-state index is 4.70. The number of nitrogens with zero attached hydrogens (tertiary/aromatic N) is 5. The Morgan fingerprint density at radius 2 is 2.12 bits per heavy atom. The molecule has 0 radical (unpaired) electrons. The molecule has 1 aliphatic heterocycles. The van der Waals surface area contributed by atoms with Crippen LogP contribution in [-0.2, 0) is 13.1 Å². The number of aryl methyl sites for hydroxylation is 2. The highest BCUT2D eigenvalue weighted by Crippen LogP contribution is 2.30. The van der Waals surface area contributed by atoms with Crippen LogP contribution in [0.5, 0.6) is 0 Å². The first-order valence-corrected chi connectivity index (χ1v) is 9.75. The largest absolute Gasteiger partial charge is 0.327 e. The number of imidazole rings is 1. The molecule has 9 heteroatoms. The van der Waals surface area contributed by atoms with E-state index >= 15 is 0 Å². The summed E-state index contributed by atoms with van der Waals surface area (Å²) in [7, 11) is 0. The van der Waals surface area contributed by atoms with Crippen LogP contribution >= 0.6 is 11.8 Å². The number of nitrogens with one attached hydrogen (secondary N) is 3. The lowest BCUT2D eigenvalue weighted by Crippen LogP contribution is -2.32. The zero-order valence-corrected chi connectivity index (χ0v) is 15.4. The normalized spacial score (nSPS) is 17.0. The van der Waals surface area contributed by atoms with Crippen molar-refractivity contribution in [2.75, 3.05) is 12.3 Å². The van der Waals surface area contributed by atoms with Gasteiger partial charge in [0.05, 0.1) is 17.4 Å². The summed E-state index contributed by atoms with van der Waals surface area (Å²) in [5.41, 5.74) is 12.2. The van der Waals surface area contributed by atoms with Crippen LogP contribution in [0.1, 0.15) is 6.92 Å². The molecule has 1 saturated heterocycles. The molecule has 0 aliphatic carbocycles. The Hall–Kier alpha value is -2.20. The first-order chi connectivity index (χ1) is 12.9. The van der Waals surface area contributed by atoms with Crippen LogP contribution in [0.3, 0.4) is 0 Å². The van der Waals surface area contributed by atoms with Gasteiger partial charge < -0.3 is 4.57 Å². The van der Waals surface area contributed by atoms with Gasteiger partial charge in [-0.25, -0.2) is 25.5 Å². The highest BCUT2D eigenvalue weighted by Gasteiger charge is 2.20. The number of hydrogen-bond donors (Lipinski definition) is 3. The summed E-state index contributed by atoms with van der Waals surface area (Å²) in [4.78, 5) is 9.21. The second-order valence-corrected chi connectivity index (χ2v) is 7.22. The van der Waals surface area contributed by atoms with Gasteiger partial charge in [-0.15, -0.1) is 11.8 Å². The lowest BCUT2D eigenvalue weighted by molar-refractivity contribution is 0.586. The smallest absolute Gasteiger partial charge is 0.177 e. The van der Waals surface area contributed by atoms with E-state index in [0.717, 1.165) is 48.2 Å². The predicted octanol–water partition coefficient (Wildman–Crippen LogP) is 1.50. The van der Waals surface area contributed by atoms with Gasteiger partial charge in [0.2, 0.25) is 0 Å². The summed E-state index contributed by atoms with van der Waals surface area (Å²) in [6, 6.07) is 10.2. The number of rotatable bonds is 7. The maximum Gasteiger partial charge on any atom is 0.177 e. The molecule has 2 aromatic heterocycles. The van der Waals surface area contributed by atoms with Crippen molar-refractivity contribution in [2.24, 2.45) is 0 Å². The molecule has 0 saturated carbocycles. The zero-order valence-electron chi connectivity index (χ0n) is 14.6. The van der Waals surface area contributed by atoms with Gasteiger partial charge in [0, 0.05) is 31.0 Å². The standard InChI is InChI=1S/C17H22N8S/c1-2-25-17(18-11-21-25)16-15(13-6-4-3-5-7-13)19-12-24(16)8-9-26-14-10-20-23-22-14/h3-7,11-12,14,20,22-23H,2,8-10H2,1H3. The van der Waals surface area contributed by atoms with E-state index in [2.05, 4.69) is 50.1 Å². The quantitative estimate of drug-likeness (QED) is 0.581. The number of thioether (sulfide) groups is 1. The molecule has 1 atom stereocenters. The summed E-state index contributed by atoms with van der Waals surface area (Å²) in [5.74, 6) is 1.83. The predicted molar refractivity (Wildman–Crippen MR) is 103 cm³/mol. The number of aromatic nitrogens is 5. The summed E-state index contributed by atoms with van der Waals surface area (Å²) in [6.07, 6.45) is 3.52. The van der Waals surface area contributed by atoms with E-state index in [4.69, 9.17) is 4.98 Å². The van der Waals surface area contributed by atoms with Crippen molar-refractivity contribution in [3.8, 4) is 22.8 Å². The van der Waals surface area contributed by atoms with E-state index in [0.29, 0.717) is 5.37 Å². The van der Waals surface area contributed by atoms with Crippen LogP contribution in [0.4, 0.5) is 0 Å². The Balaban J connectivity index is 1.64. The van der Waals surface area contributed by atoms with E-state index in [1.54, 1.807) is 6.33 Å². The highest BCUT2D eigenvalue weighted by molar-refractivity contribution is 7.99. The molecule has 0 spiro atoms. The zero-order chi connectivity index (χ0) is 17.8. The van der Waals surface area contributed by atoms with Crippen LogP contribution in [0.15, 0.2) is 43.0 Å². The third-order valence-electron chi connectivity index (χ3n) is 4.27. The van der Waals surface area contributed by atoms with E-state index in [1.807, 2.05) is 41.0 Å². The lowest BCUT2D eigenvalue weighted by Gasteiger charge is -2.12. The fourth-order valence-electron chi connectivity index (χ4n) is 2.99. The van der Waals surface area contributed by atoms with Crippen molar-refractivity contribution in [2.45, 2.75) is 25.4 Å². The fourth-order valence-corrected chi connectivity index (χ4v) is 3.92. The Labute approximate surface area is 156 Å². The summed E-state index contributed by atoms with van der Waals surface area (Å²) >= 11 is 1.87. The van der Waals surface area contributed by atoms with E-state index in [-0.39, 0.29) is 0 Å². The molecule has 0 bridgehead atoms. The van der Waals surface area contributed by atoms with Crippen molar-refractivity contribution < 1.29 is 0 Å². The number of benzene rings is 1. The minimum absolute atomic E-state index is 0.370. The lowest BCUT2D eigenvalue weighted by atomic mass is 10.1. The second-order valence-electron chi connectivity index (χ2n) is 5.91. The molecular weight excluding hydrogens is 348 g/mol. The van der Waals surface area contributed by atoms with Gasteiger partial charge in [-0.2, -0.15) is 10.6 Å². The Kier molecular flexibility index (Phi) is 5.30. The SMILES string of the molecule is CCn1ncnc1-c1c(-c2ccccc2)ncn1CCSC1CNNN1. The molecule has 3 N–H and O–H groups in total. The second kappa shape index (κ2) is 8.00. The van der Waals surface area contributed by atoms with Crippen molar-refractivity contribution >= 4 is 11.8 Å². The van der Waals surface area contributed by atoms with Gasteiger partial charge in [-0.1, -0.05) is 30.3 Å². The Bertz CT molecular complexity index is 838. The Morgan fingerprint density at radius 1 is 1.23 bits per heavy atom. The third-order valence-corrected chi connectivity index (χ3v) is 5.38. The van der Waals surface area contributed by atoms with Crippen LogP contribution in [-0.4, -0.2) is 42.0 Å². The first-order valence-electron chi connectivity index (χ1n) is 8.70. The van der Waals surface area contributed by atoms with Gasteiger partial charge in [-0.3, -0.25) is 0 Å². The number of hydrazine groups is 2. The van der Waals surface area contributed by atoms with Gasteiger partial charge in [0.15, 0.2) is 5.82 Å². The number of hydrogen-bond acceptors (Lipinski definition) is 7. The van der Waals surface area contributed by atoms with Crippen molar-refractivity contribution in [3.63, 3.8) is 0 Å². The minimum atomic E-state index is 0.370. The average Bonchev–Trinajstić information content (AvgIpc) is 3.42. The maximum absolute atomic E-state index is 4.70. The van der Waals surface area contributed by atoms with Gasteiger partial charge in [0.25, 0.3) is 0 Å². The first kappa shape index (κ1) is 17.2.